The van der Waals surface area contributed by atoms with Crippen molar-refractivity contribution < 1.29 is 14.3 Å². The van der Waals surface area contributed by atoms with Crippen LogP contribution in [-0.2, 0) is 12.8 Å². The summed E-state index contributed by atoms with van der Waals surface area (Å²) < 4.78 is 7.81. The quantitative estimate of drug-likeness (QED) is 0.426. The molecule has 0 atom stereocenters. The van der Waals surface area contributed by atoms with Crippen LogP contribution in [0, 0.1) is 0 Å². The summed E-state index contributed by atoms with van der Waals surface area (Å²) in [4.78, 5) is 25.1. The molecule has 3 aromatic rings. The van der Waals surface area contributed by atoms with Crippen molar-refractivity contribution in [3.05, 3.63) is 71.0 Å². The number of aryl methyl sites for hydroxylation is 1. The van der Waals surface area contributed by atoms with E-state index in [4.69, 9.17) is 4.74 Å². The van der Waals surface area contributed by atoms with E-state index in [1.807, 2.05) is 32.0 Å². The number of aromatic nitrogens is 3. The zero-order valence-electron chi connectivity index (χ0n) is 19.7. The molecule has 8 nitrogen and oxygen atoms in total. The van der Waals surface area contributed by atoms with Gasteiger partial charge < -0.3 is 15.4 Å². The summed E-state index contributed by atoms with van der Waals surface area (Å²) in [5.41, 5.74) is 3.45. The molecule has 4 rings (SSSR count). The van der Waals surface area contributed by atoms with Gasteiger partial charge in [0, 0.05) is 18.2 Å². The highest BCUT2D eigenvalue weighted by Gasteiger charge is 2.28. The molecule has 0 radical (unpaired) electrons. The zero-order chi connectivity index (χ0) is 23.9. The van der Waals surface area contributed by atoms with Crippen LogP contribution in [0.1, 0.15) is 65.2 Å². The minimum atomic E-state index is -0.199. The molecule has 0 unspecified atom stereocenters. The molecule has 2 N–H and O–H groups in total. The van der Waals surface area contributed by atoms with Crippen molar-refractivity contribution in [2.24, 2.45) is 0 Å². The molecule has 0 aliphatic heterocycles. The first-order valence-corrected chi connectivity index (χ1v) is 12.0. The first-order valence-electron chi connectivity index (χ1n) is 12.0. The number of benzene rings is 2. The molecule has 0 bridgehead atoms. The van der Waals surface area contributed by atoms with Crippen LogP contribution in [0.5, 0.6) is 5.75 Å². The Morgan fingerprint density at radius 3 is 2.59 bits per heavy atom. The van der Waals surface area contributed by atoms with E-state index in [1.165, 1.54) is 5.56 Å². The van der Waals surface area contributed by atoms with Crippen LogP contribution in [0.3, 0.4) is 0 Å². The van der Waals surface area contributed by atoms with Crippen LogP contribution in [0.25, 0.3) is 5.69 Å². The Labute approximate surface area is 199 Å². The average Bonchev–Trinajstić information content (AvgIpc) is 3.57. The van der Waals surface area contributed by atoms with Crippen molar-refractivity contribution in [3.8, 4) is 11.4 Å². The molecule has 2 amide bonds. The van der Waals surface area contributed by atoms with Crippen LogP contribution in [0.15, 0.2) is 48.5 Å². The smallest absolute Gasteiger partial charge is 0.273 e. The lowest BCUT2D eigenvalue weighted by Crippen LogP contribution is -2.27. The highest BCUT2D eigenvalue weighted by Crippen LogP contribution is 2.27. The minimum absolute atomic E-state index is 0.165. The van der Waals surface area contributed by atoms with Gasteiger partial charge in [0.05, 0.1) is 12.3 Å². The number of carbonyl (C=O) groups is 2. The van der Waals surface area contributed by atoms with Crippen molar-refractivity contribution in [2.45, 2.75) is 52.0 Å². The van der Waals surface area contributed by atoms with Gasteiger partial charge in [-0.3, -0.25) is 9.59 Å². The Morgan fingerprint density at radius 1 is 1.09 bits per heavy atom. The lowest BCUT2D eigenvalue weighted by molar-refractivity contribution is 0.0940. The maximum absolute atomic E-state index is 12.7. The number of ether oxygens (including phenoxy) is 1. The molecule has 0 spiro atoms. The summed E-state index contributed by atoms with van der Waals surface area (Å²) in [7, 11) is 0. The second-order valence-electron chi connectivity index (χ2n) is 8.38. The Hall–Kier alpha value is -3.68. The minimum Gasteiger partial charge on any atom is -0.491 e. The van der Waals surface area contributed by atoms with Crippen molar-refractivity contribution in [2.75, 3.05) is 13.2 Å². The molecular weight excluding hydrogens is 430 g/mol. The molecule has 34 heavy (non-hydrogen) atoms. The predicted molar refractivity (Wildman–Crippen MR) is 129 cm³/mol. The molecule has 1 aliphatic rings. The summed E-state index contributed by atoms with van der Waals surface area (Å²) in [6.45, 7) is 4.86. The van der Waals surface area contributed by atoms with Gasteiger partial charge >= 0.3 is 0 Å². The molecular formula is C26H31N5O3. The maximum Gasteiger partial charge on any atom is 0.273 e. The van der Waals surface area contributed by atoms with Crippen LogP contribution in [-0.4, -0.2) is 46.0 Å². The number of rotatable bonds is 11. The van der Waals surface area contributed by atoms with E-state index in [2.05, 4.69) is 33.1 Å². The average molecular weight is 462 g/mol. The first-order chi connectivity index (χ1) is 16.6. The molecule has 0 saturated heterocycles. The van der Waals surface area contributed by atoms with Crippen LogP contribution in [0.4, 0.5) is 0 Å². The van der Waals surface area contributed by atoms with Crippen molar-refractivity contribution in [1.82, 2.24) is 25.6 Å². The number of carbonyl (C=O) groups excluding carboxylic acids is 2. The molecule has 8 heteroatoms. The molecule has 1 heterocycles. The highest BCUT2D eigenvalue weighted by atomic mass is 16.5. The van der Waals surface area contributed by atoms with E-state index in [1.54, 1.807) is 22.9 Å². The summed E-state index contributed by atoms with van der Waals surface area (Å²) in [5, 5.41) is 14.3. The lowest BCUT2D eigenvalue weighted by Gasteiger charge is -2.15. The Balaban J connectivity index is 1.58. The molecule has 178 valence electrons. The van der Waals surface area contributed by atoms with E-state index in [-0.39, 0.29) is 17.9 Å². The second-order valence-corrected chi connectivity index (χ2v) is 8.38. The van der Waals surface area contributed by atoms with Gasteiger partial charge in [0.25, 0.3) is 11.8 Å². The summed E-state index contributed by atoms with van der Waals surface area (Å²) in [6, 6.07) is 15.8. The summed E-state index contributed by atoms with van der Waals surface area (Å²) in [5.74, 6) is 0.169. The Kier molecular flexibility index (Phi) is 7.57. The summed E-state index contributed by atoms with van der Waals surface area (Å²) in [6.07, 6.45) is 4.29. The van der Waals surface area contributed by atoms with Gasteiger partial charge in [-0.25, -0.2) is 4.68 Å². The first kappa shape index (κ1) is 23.5. The van der Waals surface area contributed by atoms with Gasteiger partial charge in [0.15, 0.2) is 5.69 Å². The predicted octanol–water partition coefficient (Wildman–Crippen LogP) is 3.48. The number of nitrogens with zero attached hydrogens (tertiary/aromatic N) is 3. The largest absolute Gasteiger partial charge is 0.491 e. The van der Waals surface area contributed by atoms with E-state index < -0.39 is 0 Å². The third-order valence-corrected chi connectivity index (χ3v) is 5.72. The fourth-order valence-corrected chi connectivity index (χ4v) is 3.78. The Bertz CT molecular complexity index is 1140. The number of hydrogen-bond donors (Lipinski definition) is 2. The molecule has 1 saturated carbocycles. The van der Waals surface area contributed by atoms with Crippen LogP contribution in [0.2, 0.25) is 0 Å². The Morgan fingerprint density at radius 2 is 1.88 bits per heavy atom. The van der Waals surface area contributed by atoms with Crippen molar-refractivity contribution >= 4 is 11.8 Å². The highest BCUT2D eigenvalue weighted by molar-refractivity contribution is 5.95. The van der Waals surface area contributed by atoms with Crippen LogP contribution < -0.4 is 15.4 Å². The molecule has 1 fully saturated rings. The van der Waals surface area contributed by atoms with E-state index in [0.29, 0.717) is 48.0 Å². The maximum atomic E-state index is 12.7. The summed E-state index contributed by atoms with van der Waals surface area (Å²) >= 11 is 0. The van der Waals surface area contributed by atoms with Gasteiger partial charge in [-0.15, -0.1) is 5.10 Å². The van der Waals surface area contributed by atoms with E-state index in [9.17, 15) is 9.59 Å². The standard InChI is InChI=1S/C26H31N5O3/c1-3-21-24(26(33)28-20-13-14-20)29-30-31(21)22-15-12-19(25(32)27-4-2)17-23(22)34-16-8-11-18-9-6-5-7-10-18/h5-7,9-10,12,15,17,20H,3-4,8,11,13-14,16H2,1-2H3,(H,27,32)(H,28,33). The fourth-order valence-electron chi connectivity index (χ4n) is 3.78. The van der Waals surface area contributed by atoms with Crippen molar-refractivity contribution in [3.63, 3.8) is 0 Å². The SMILES string of the molecule is CCNC(=O)c1ccc(-n2nnc(C(=O)NC3CC3)c2CC)c(OCCCc2ccccc2)c1. The zero-order valence-corrected chi connectivity index (χ0v) is 19.7. The third-order valence-electron chi connectivity index (χ3n) is 5.72. The van der Waals surface area contributed by atoms with Gasteiger partial charge in [0.2, 0.25) is 0 Å². The van der Waals surface area contributed by atoms with Crippen molar-refractivity contribution in [1.29, 1.82) is 0 Å². The van der Waals surface area contributed by atoms with Gasteiger partial charge in [-0.1, -0.05) is 42.5 Å². The van der Waals surface area contributed by atoms with E-state index >= 15 is 0 Å². The van der Waals surface area contributed by atoms with Gasteiger partial charge in [-0.2, -0.15) is 0 Å². The number of hydrogen-bond acceptors (Lipinski definition) is 5. The molecule has 1 aromatic heterocycles. The lowest BCUT2D eigenvalue weighted by atomic mass is 10.1. The fraction of sp³-hybridized carbons (Fsp3) is 0.385. The topological polar surface area (TPSA) is 98.1 Å². The molecule has 1 aliphatic carbocycles. The van der Waals surface area contributed by atoms with Gasteiger partial charge in [-0.05, 0) is 62.8 Å². The second kappa shape index (κ2) is 11.0. The normalized spacial score (nSPS) is 12.9. The van der Waals surface area contributed by atoms with E-state index in [0.717, 1.165) is 25.7 Å². The third kappa shape index (κ3) is 5.62. The van der Waals surface area contributed by atoms with Crippen LogP contribution >= 0.6 is 0 Å². The van der Waals surface area contributed by atoms with Gasteiger partial charge in [0.1, 0.15) is 11.4 Å². The number of nitrogens with one attached hydrogen (secondary N) is 2. The monoisotopic (exact) mass is 461 g/mol. The molecule has 2 aromatic carbocycles. The number of amides is 2.